The van der Waals surface area contributed by atoms with Crippen LogP contribution in [0.4, 0.5) is 0 Å². The Morgan fingerprint density at radius 1 is 0.240 bits per heavy atom. The molecule has 0 radical (unpaired) electrons. The molecular weight excluding hydrogens is 605 g/mol. The van der Waals surface area contributed by atoms with Gasteiger partial charge in [0.25, 0.3) is 0 Å². The normalized spacial score (nSPS) is 11.6. The van der Waals surface area contributed by atoms with Gasteiger partial charge in [-0.3, -0.25) is 0 Å². The molecular formula is C48H32N2. The molecule has 0 bridgehead atoms. The van der Waals surface area contributed by atoms with Crippen LogP contribution in [0.2, 0.25) is 0 Å². The SMILES string of the molecule is c1ccc(-c2ccc(-n3c4ccccc4c4cc(-c5ccccc5)c(-c5ccc6c(c5)c5ccccc5n6-c5ccccc5)cc43)cc2)cc1. The van der Waals surface area contributed by atoms with Gasteiger partial charge in [0.05, 0.1) is 22.1 Å². The summed E-state index contributed by atoms with van der Waals surface area (Å²) < 4.78 is 4.81. The van der Waals surface area contributed by atoms with Crippen molar-refractivity contribution >= 4 is 43.6 Å². The minimum atomic E-state index is 1.15. The number of nitrogens with zero attached hydrogens (tertiary/aromatic N) is 2. The molecule has 2 nitrogen and oxygen atoms in total. The number of benzene rings is 8. The van der Waals surface area contributed by atoms with Gasteiger partial charge in [-0.1, -0.05) is 133 Å². The summed E-state index contributed by atoms with van der Waals surface area (Å²) >= 11 is 0. The van der Waals surface area contributed by atoms with Gasteiger partial charge in [0.15, 0.2) is 0 Å². The van der Waals surface area contributed by atoms with Gasteiger partial charge >= 0.3 is 0 Å². The van der Waals surface area contributed by atoms with Gasteiger partial charge in [-0.2, -0.15) is 0 Å². The van der Waals surface area contributed by atoms with E-state index in [1.54, 1.807) is 0 Å². The summed E-state index contributed by atoms with van der Waals surface area (Å²) in [4.78, 5) is 0. The lowest BCUT2D eigenvalue weighted by Gasteiger charge is -2.14. The van der Waals surface area contributed by atoms with E-state index in [0.29, 0.717) is 0 Å². The Kier molecular flexibility index (Phi) is 6.53. The molecule has 8 aromatic carbocycles. The molecule has 2 heteroatoms. The van der Waals surface area contributed by atoms with E-state index in [0.717, 1.165) is 5.69 Å². The molecule has 0 aliphatic heterocycles. The van der Waals surface area contributed by atoms with Crippen LogP contribution in [0, 0.1) is 0 Å². The quantitative estimate of drug-likeness (QED) is 0.178. The fraction of sp³-hybridized carbons (Fsp3) is 0. The zero-order valence-corrected chi connectivity index (χ0v) is 27.4. The number of para-hydroxylation sites is 3. The van der Waals surface area contributed by atoms with E-state index in [4.69, 9.17) is 0 Å². The average molecular weight is 637 g/mol. The Balaban J connectivity index is 1.24. The van der Waals surface area contributed by atoms with E-state index < -0.39 is 0 Å². The van der Waals surface area contributed by atoms with E-state index in [1.807, 2.05) is 0 Å². The fourth-order valence-electron chi connectivity index (χ4n) is 7.82. The van der Waals surface area contributed by atoms with Crippen molar-refractivity contribution in [3.05, 3.63) is 194 Å². The molecule has 0 unspecified atom stereocenters. The van der Waals surface area contributed by atoms with E-state index in [9.17, 15) is 0 Å². The Labute approximate surface area is 290 Å². The molecule has 0 saturated carbocycles. The summed E-state index contributed by atoms with van der Waals surface area (Å²) in [5.74, 6) is 0. The monoisotopic (exact) mass is 636 g/mol. The highest BCUT2D eigenvalue weighted by Crippen LogP contribution is 2.43. The lowest BCUT2D eigenvalue weighted by atomic mass is 9.92. The maximum atomic E-state index is 2.43. The second-order valence-electron chi connectivity index (χ2n) is 13.0. The van der Waals surface area contributed by atoms with Gasteiger partial charge in [0.1, 0.15) is 0 Å². The highest BCUT2D eigenvalue weighted by molar-refractivity contribution is 6.14. The van der Waals surface area contributed by atoms with Gasteiger partial charge in [0.2, 0.25) is 0 Å². The smallest absolute Gasteiger partial charge is 0.0547 e. The molecule has 50 heavy (non-hydrogen) atoms. The van der Waals surface area contributed by atoms with E-state index in [-0.39, 0.29) is 0 Å². The number of aromatic nitrogens is 2. The predicted octanol–water partition coefficient (Wildman–Crippen LogP) is 12.9. The lowest BCUT2D eigenvalue weighted by molar-refractivity contribution is 1.18. The van der Waals surface area contributed by atoms with Crippen LogP contribution in [0.5, 0.6) is 0 Å². The molecule has 0 atom stereocenters. The second kappa shape index (κ2) is 11.5. The molecule has 2 heterocycles. The number of fused-ring (bicyclic) bond motifs is 6. The van der Waals surface area contributed by atoms with Crippen LogP contribution in [-0.4, -0.2) is 9.13 Å². The van der Waals surface area contributed by atoms with Gasteiger partial charge in [0, 0.05) is 32.9 Å². The topological polar surface area (TPSA) is 9.86 Å². The van der Waals surface area contributed by atoms with Crippen LogP contribution in [0.3, 0.4) is 0 Å². The Bertz CT molecular complexity index is 2820. The minimum absolute atomic E-state index is 1.15. The van der Waals surface area contributed by atoms with Crippen LogP contribution in [-0.2, 0) is 0 Å². The molecule has 2 aromatic heterocycles. The Morgan fingerprint density at radius 2 is 0.680 bits per heavy atom. The summed E-state index contributed by atoms with van der Waals surface area (Å²) in [5, 5.41) is 5.00. The van der Waals surface area contributed by atoms with Crippen molar-refractivity contribution in [2.75, 3.05) is 0 Å². The van der Waals surface area contributed by atoms with Crippen molar-refractivity contribution in [2.45, 2.75) is 0 Å². The van der Waals surface area contributed by atoms with Crippen molar-refractivity contribution in [1.29, 1.82) is 0 Å². The van der Waals surface area contributed by atoms with Gasteiger partial charge < -0.3 is 9.13 Å². The first-order chi connectivity index (χ1) is 24.8. The maximum absolute atomic E-state index is 2.43. The van der Waals surface area contributed by atoms with Crippen LogP contribution in [0.15, 0.2) is 194 Å². The summed E-state index contributed by atoms with van der Waals surface area (Å²) in [6.45, 7) is 0. The van der Waals surface area contributed by atoms with Crippen molar-refractivity contribution in [1.82, 2.24) is 9.13 Å². The first-order valence-corrected chi connectivity index (χ1v) is 17.2. The molecule has 0 spiro atoms. The fourth-order valence-corrected chi connectivity index (χ4v) is 7.82. The van der Waals surface area contributed by atoms with Crippen molar-refractivity contribution in [3.8, 4) is 44.8 Å². The third-order valence-electron chi connectivity index (χ3n) is 10.1. The molecule has 0 aliphatic rings. The first kappa shape index (κ1) is 28.4. The Hall–Kier alpha value is -6.64. The third-order valence-corrected chi connectivity index (χ3v) is 10.1. The standard InChI is InChI=1S/C48H32N2/c1-4-14-33(15-5-1)34-24-27-38(28-25-34)50-46-23-13-11-21-40(46)44-31-41(35-16-6-2-7-17-35)42(32-48(44)50)36-26-29-47-43(30-36)39-20-10-12-22-45(39)49(47)37-18-8-3-9-19-37/h1-32H. The molecule has 0 amide bonds. The summed E-state index contributed by atoms with van der Waals surface area (Å²) in [5.41, 5.74) is 14.4. The van der Waals surface area contributed by atoms with Crippen molar-refractivity contribution in [2.24, 2.45) is 0 Å². The number of hydrogen-bond acceptors (Lipinski definition) is 0. The molecule has 10 rings (SSSR count). The van der Waals surface area contributed by atoms with Crippen LogP contribution >= 0.6 is 0 Å². The van der Waals surface area contributed by atoms with Crippen LogP contribution in [0.25, 0.3) is 88.4 Å². The van der Waals surface area contributed by atoms with Crippen molar-refractivity contribution < 1.29 is 0 Å². The highest BCUT2D eigenvalue weighted by Gasteiger charge is 2.19. The zero-order valence-electron chi connectivity index (χ0n) is 27.4. The third kappa shape index (κ3) is 4.50. The highest BCUT2D eigenvalue weighted by atomic mass is 15.0. The minimum Gasteiger partial charge on any atom is -0.309 e. The van der Waals surface area contributed by atoms with Gasteiger partial charge in [-0.05, 0) is 94.0 Å². The summed E-state index contributed by atoms with van der Waals surface area (Å²) in [7, 11) is 0. The lowest BCUT2D eigenvalue weighted by Crippen LogP contribution is -1.95. The van der Waals surface area contributed by atoms with E-state index in [2.05, 4.69) is 203 Å². The summed E-state index contributed by atoms with van der Waals surface area (Å²) in [6.07, 6.45) is 0. The van der Waals surface area contributed by atoms with Crippen molar-refractivity contribution in [3.63, 3.8) is 0 Å². The molecule has 0 saturated heterocycles. The van der Waals surface area contributed by atoms with Gasteiger partial charge in [-0.25, -0.2) is 0 Å². The zero-order chi connectivity index (χ0) is 33.0. The second-order valence-corrected chi connectivity index (χ2v) is 13.0. The van der Waals surface area contributed by atoms with Crippen LogP contribution in [0.1, 0.15) is 0 Å². The largest absolute Gasteiger partial charge is 0.309 e. The van der Waals surface area contributed by atoms with Crippen LogP contribution < -0.4 is 0 Å². The molecule has 0 aliphatic carbocycles. The van der Waals surface area contributed by atoms with Gasteiger partial charge in [-0.15, -0.1) is 0 Å². The maximum Gasteiger partial charge on any atom is 0.0547 e. The average Bonchev–Trinajstić information content (AvgIpc) is 3.70. The number of hydrogen-bond donors (Lipinski definition) is 0. The molecule has 0 fully saturated rings. The summed E-state index contributed by atoms with van der Waals surface area (Å²) in [6, 6.07) is 70.4. The molecule has 10 aromatic rings. The Morgan fingerprint density at radius 3 is 1.34 bits per heavy atom. The first-order valence-electron chi connectivity index (χ1n) is 17.2. The predicted molar refractivity (Wildman–Crippen MR) is 211 cm³/mol. The van der Waals surface area contributed by atoms with E-state index >= 15 is 0 Å². The molecule has 234 valence electrons. The number of rotatable bonds is 5. The van der Waals surface area contributed by atoms with E-state index in [1.165, 1.54) is 82.7 Å². The molecule has 0 N–H and O–H groups in total.